The molecule has 0 saturated heterocycles. The molecule has 1 N–H and O–H groups in total. The van der Waals surface area contributed by atoms with E-state index >= 15 is 0 Å². The Morgan fingerprint density at radius 2 is 0.933 bits per heavy atom. The zero-order valence-corrected chi connectivity index (χ0v) is 20.7. The highest BCUT2D eigenvalue weighted by molar-refractivity contribution is 5.45. The van der Waals surface area contributed by atoms with E-state index in [1.807, 2.05) is 6.07 Å². The van der Waals surface area contributed by atoms with E-state index in [0.717, 1.165) is 19.3 Å². The van der Waals surface area contributed by atoms with Gasteiger partial charge in [-0.15, -0.1) is 0 Å². The SMILES string of the molecule is CCCCCCCCCCc1ccc(O)c(CCC)c1CCCCCCCCCC. The smallest absolute Gasteiger partial charge is 0.119 e. The van der Waals surface area contributed by atoms with Crippen molar-refractivity contribution < 1.29 is 5.11 Å². The van der Waals surface area contributed by atoms with Crippen LogP contribution in [-0.2, 0) is 19.3 Å². The van der Waals surface area contributed by atoms with Crippen LogP contribution in [0.4, 0.5) is 0 Å². The van der Waals surface area contributed by atoms with Gasteiger partial charge in [-0.05, 0) is 54.9 Å². The van der Waals surface area contributed by atoms with Gasteiger partial charge in [0.2, 0.25) is 0 Å². The quantitative estimate of drug-likeness (QED) is 0.210. The summed E-state index contributed by atoms with van der Waals surface area (Å²) in [5.74, 6) is 0.533. The second-order valence-corrected chi connectivity index (χ2v) is 9.40. The zero-order valence-electron chi connectivity index (χ0n) is 20.7. The molecule has 0 unspecified atom stereocenters. The molecule has 0 saturated carbocycles. The first-order valence-corrected chi connectivity index (χ1v) is 13.6. The second kappa shape index (κ2) is 18.8. The first kappa shape index (κ1) is 27.1. The van der Waals surface area contributed by atoms with Gasteiger partial charge in [0, 0.05) is 0 Å². The molecule has 0 fully saturated rings. The van der Waals surface area contributed by atoms with Gasteiger partial charge in [-0.1, -0.05) is 123 Å². The molecule has 0 aliphatic carbocycles. The lowest BCUT2D eigenvalue weighted by molar-refractivity contribution is 0.465. The van der Waals surface area contributed by atoms with Crippen molar-refractivity contribution in [1.29, 1.82) is 0 Å². The van der Waals surface area contributed by atoms with Gasteiger partial charge >= 0.3 is 0 Å². The lowest BCUT2D eigenvalue weighted by Crippen LogP contribution is -2.02. The van der Waals surface area contributed by atoms with Crippen LogP contribution in [-0.4, -0.2) is 5.11 Å². The van der Waals surface area contributed by atoms with Crippen LogP contribution in [0.1, 0.15) is 147 Å². The predicted octanol–water partition coefficient (Wildman–Crippen LogP) is 9.71. The van der Waals surface area contributed by atoms with Crippen molar-refractivity contribution >= 4 is 0 Å². The molecule has 1 aromatic rings. The van der Waals surface area contributed by atoms with Crippen LogP contribution >= 0.6 is 0 Å². The van der Waals surface area contributed by atoms with E-state index in [0.29, 0.717) is 5.75 Å². The number of aromatic hydroxyl groups is 1. The molecule has 0 aliphatic heterocycles. The van der Waals surface area contributed by atoms with Crippen molar-refractivity contribution in [2.24, 2.45) is 0 Å². The number of rotatable bonds is 20. The number of phenols is 1. The first-order valence-electron chi connectivity index (χ1n) is 13.6. The van der Waals surface area contributed by atoms with E-state index in [2.05, 4.69) is 26.8 Å². The predicted molar refractivity (Wildman–Crippen MR) is 135 cm³/mol. The normalized spacial score (nSPS) is 11.3. The van der Waals surface area contributed by atoms with E-state index in [-0.39, 0.29) is 0 Å². The minimum absolute atomic E-state index is 0.533. The molecule has 0 heterocycles. The number of hydrogen-bond donors (Lipinski definition) is 1. The molecule has 0 amide bonds. The topological polar surface area (TPSA) is 20.2 Å². The Hall–Kier alpha value is -0.980. The van der Waals surface area contributed by atoms with Gasteiger partial charge in [-0.2, -0.15) is 0 Å². The molecule has 0 aromatic heterocycles. The average molecular weight is 417 g/mol. The Kier molecular flexibility index (Phi) is 16.9. The Morgan fingerprint density at radius 1 is 0.467 bits per heavy atom. The summed E-state index contributed by atoms with van der Waals surface area (Å²) >= 11 is 0. The Bertz CT molecular complexity index is 519. The molecular weight excluding hydrogens is 364 g/mol. The maximum Gasteiger partial charge on any atom is 0.119 e. The van der Waals surface area contributed by atoms with Gasteiger partial charge in [0.25, 0.3) is 0 Å². The molecule has 1 aromatic carbocycles. The summed E-state index contributed by atoms with van der Waals surface area (Å²) in [6, 6.07) is 4.18. The summed E-state index contributed by atoms with van der Waals surface area (Å²) in [6.07, 6.45) is 26.4. The molecule has 30 heavy (non-hydrogen) atoms. The van der Waals surface area contributed by atoms with Gasteiger partial charge in [0.15, 0.2) is 0 Å². The van der Waals surface area contributed by atoms with Gasteiger partial charge in [-0.25, -0.2) is 0 Å². The van der Waals surface area contributed by atoms with E-state index in [4.69, 9.17) is 0 Å². The van der Waals surface area contributed by atoms with Crippen LogP contribution in [0, 0.1) is 0 Å². The van der Waals surface area contributed by atoms with Crippen molar-refractivity contribution in [2.45, 2.75) is 149 Å². The monoisotopic (exact) mass is 416 g/mol. The van der Waals surface area contributed by atoms with Gasteiger partial charge < -0.3 is 5.11 Å². The lowest BCUT2D eigenvalue weighted by Gasteiger charge is -2.17. The molecule has 0 aliphatic rings. The van der Waals surface area contributed by atoms with Gasteiger partial charge in [0.05, 0.1) is 0 Å². The van der Waals surface area contributed by atoms with Crippen LogP contribution in [0.25, 0.3) is 0 Å². The summed E-state index contributed by atoms with van der Waals surface area (Å²) in [4.78, 5) is 0. The summed E-state index contributed by atoms with van der Waals surface area (Å²) in [5.41, 5.74) is 4.26. The third-order valence-electron chi connectivity index (χ3n) is 6.58. The Balaban J connectivity index is 2.46. The summed E-state index contributed by atoms with van der Waals surface area (Å²) in [7, 11) is 0. The fourth-order valence-electron chi connectivity index (χ4n) is 4.69. The molecule has 1 nitrogen and oxygen atoms in total. The molecule has 0 bridgehead atoms. The minimum Gasteiger partial charge on any atom is -0.508 e. The minimum atomic E-state index is 0.533. The Morgan fingerprint density at radius 3 is 1.43 bits per heavy atom. The van der Waals surface area contributed by atoms with Crippen molar-refractivity contribution in [3.63, 3.8) is 0 Å². The van der Waals surface area contributed by atoms with Crippen molar-refractivity contribution in [2.75, 3.05) is 0 Å². The number of benzene rings is 1. The highest BCUT2D eigenvalue weighted by Gasteiger charge is 2.12. The standard InChI is InChI=1S/C29H52O/c1-4-7-9-11-13-15-17-19-22-26-24-25-29(30)28(21-6-3)27(26)23-20-18-16-14-12-10-8-5-2/h24-25,30H,4-23H2,1-3H3. The number of unbranched alkanes of at least 4 members (excludes halogenated alkanes) is 14. The average Bonchev–Trinajstić information content (AvgIpc) is 2.75. The fourth-order valence-corrected chi connectivity index (χ4v) is 4.69. The third kappa shape index (κ3) is 12.0. The highest BCUT2D eigenvalue weighted by atomic mass is 16.3. The third-order valence-corrected chi connectivity index (χ3v) is 6.58. The van der Waals surface area contributed by atoms with Crippen LogP contribution in [0.15, 0.2) is 12.1 Å². The molecule has 0 atom stereocenters. The largest absolute Gasteiger partial charge is 0.508 e. The van der Waals surface area contributed by atoms with Crippen molar-refractivity contribution in [3.05, 3.63) is 28.8 Å². The summed E-state index contributed by atoms with van der Waals surface area (Å²) in [6.45, 7) is 6.80. The highest BCUT2D eigenvalue weighted by Crippen LogP contribution is 2.29. The molecule has 1 heteroatoms. The maximum atomic E-state index is 10.5. The van der Waals surface area contributed by atoms with E-state index in [1.54, 1.807) is 0 Å². The first-order chi connectivity index (χ1) is 14.7. The number of phenolic OH excluding ortho intramolecular Hbond substituents is 1. The molecule has 1 rings (SSSR count). The number of aryl methyl sites for hydroxylation is 1. The number of hydrogen-bond acceptors (Lipinski definition) is 1. The molecule has 0 spiro atoms. The lowest BCUT2D eigenvalue weighted by atomic mass is 9.90. The summed E-state index contributed by atoms with van der Waals surface area (Å²) < 4.78 is 0. The maximum absolute atomic E-state index is 10.5. The van der Waals surface area contributed by atoms with Gasteiger partial charge in [-0.3, -0.25) is 0 Å². The van der Waals surface area contributed by atoms with E-state index in [1.165, 1.54) is 126 Å². The zero-order chi connectivity index (χ0) is 21.9. The van der Waals surface area contributed by atoms with Crippen LogP contribution in [0.5, 0.6) is 5.75 Å². The Labute approximate surface area is 189 Å². The molecular formula is C29H52O. The van der Waals surface area contributed by atoms with Crippen molar-refractivity contribution in [1.82, 2.24) is 0 Å². The van der Waals surface area contributed by atoms with Gasteiger partial charge in [0.1, 0.15) is 5.75 Å². The van der Waals surface area contributed by atoms with Crippen LogP contribution in [0.2, 0.25) is 0 Å². The van der Waals surface area contributed by atoms with Crippen LogP contribution < -0.4 is 0 Å². The summed E-state index contributed by atoms with van der Waals surface area (Å²) in [5, 5.41) is 10.5. The molecule has 0 radical (unpaired) electrons. The van der Waals surface area contributed by atoms with Crippen LogP contribution in [0.3, 0.4) is 0 Å². The van der Waals surface area contributed by atoms with E-state index in [9.17, 15) is 5.11 Å². The second-order valence-electron chi connectivity index (χ2n) is 9.40. The molecule has 174 valence electrons. The van der Waals surface area contributed by atoms with E-state index < -0.39 is 0 Å². The fraction of sp³-hybridized carbons (Fsp3) is 0.793. The van der Waals surface area contributed by atoms with Crippen molar-refractivity contribution in [3.8, 4) is 5.75 Å².